The summed E-state index contributed by atoms with van der Waals surface area (Å²) in [5.41, 5.74) is 1.98. The molecule has 0 aliphatic heterocycles. The number of carbonyl (C=O) groups excluding carboxylic acids is 3. The number of aliphatic hydroxyl groups is 1. The van der Waals surface area contributed by atoms with Crippen molar-refractivity contribution in [1.29, 1.82) is 0 Å². The third-order valence-electron chi connectivity index (χ3n) is 7.38. The van der Waals surface area contributed by atoms with Crippen LogP contribution in [0.3, 0.4) is 0 Å². The Bertz CT molecular complexity index is 1350. The van der Waals surface area contributed by atoms with Gasteiger partial charge in [0.15, 0.2) is 0 Å². The highest BCUT2D eigenvalue weighted by Crippen LogP contribution is 2.47. The van der Waals surface area contributed by atoms with Gasteiger partial charge in [0.1, 0.15) is 11.7 Å². The minimum atomic E-state index is -1.69. The number of amides is 2. The van der Waals surface area contributed by atoms with Gasteiger partial charge in [0, 0.05) is 28.7 Å². The molecule has 0 heterocycles. The number of Topliss-reactive ketones (excluding diaryl/α,β-unsaturated/α-hetero) is 1. The fraction of sp³-hybridized carbons (Fsp3) is 0.323. The van der Waals surface area contributed by atoms with E-state index in [9.17, 15) is 19.5 Å². The highest BCUT2D eigenvalue weighted by Gasteiger charge is 2.56. The molecule has 3 N–H and O–H groups in total. The third kappa shape index (κ3) is 5.66. The first kappa shape index (κ1) is 27.6. The van der Waals surface area contributed by atoms with Gasteiger partial charge in [0.25, 0.3) is 0 Å². The van der Waals surface area contributed by atoms with Crippen molar-refractivity contribution in [3.05, 3.63) is 94.5 Å². The normalized spacial score (nSPS) is 23.1. The van der Waals surface area contributed by atoms with Gasteiger partial charge < -0.3 is 15.7 Å². The molecule has 1 aliphatic carbocycles. The predicted molar refractivity (Wildman–Crippen MR) is 150 cm³/mol. The van der Waals surface area contributed by atoms with E-state index in [1.54, 1.807) is 36.4 Å². The second-order valence-electron chi connectivity index (χ2n) is 10.0. The first-order valence-corrected chi connectivity index (χ1v) is 13.3. The molecule has 1 fully saturated rings. The Labute approximate surface area is 228 Å². The maximum atomic E-state index is 13.9. The van der Waals surface area contributed by atoms with Crippen molar-refractivity contribution in [1.82, 2.24) is 0 Å². The number of benzene rings is 3. The van der Waals surface area contributed by atoms with Gasteiger partial charge in [0.2, 0.25) is 11.8 Å². The van der Waals surface area contributed by atoms with Crippen LogP contribution in [0.1, 0.15) is 49.8 Å². The fourth-order valence-corrected chi connectivity index (χ4v) is 5.73. The minimum absolute atomic E-state index is 0.328. The van der Waals surface area contributed by atoms with Crippen molar-refractivity contribution in [2.24, 2.45) is 11.8 Å². The van der Waals surface area contributed by atoms with Crippen LogP contribution in [0.4, 0.5) is 11.4 Å². The lowest BCUT2D eigenvalue weighted by Gasteiger charge is -2.44. The van der Waals surface area contributed by atoms with Crippen LogP contribution in [-0.2, 0) is 27.2 Å². The zero-order valence-electron chi connectivity index (χ0n) is 21.8. The van der Waals surface area contributed by atoms with Crippen molar-refractivity contribution >= 4 is 40.6 Å². The second kappa shape index (κ2) is 11.5. The van der Waals surface area contributed by atoms with Crippen molar-refractivity contribution in [2.75, 3.05) is 10.6 Å². The molecule has 4 atom stereocenters. The highest BCUT2D eigenvalue weighted by molar-refractivity contribution is 6.30. The maximum Gasteiger partial charge on any atom is 0.235 e. The molecule has 7 heteroatoms. The van der Waals surface area contributed by atoms with E-state index in [1.807, 2.05) is 50.2 Å². The molecule has 1 saturated carbocycles. The van der Waals surface area contributed by atoms with Gasteiger partial charge in [0.05, 0.1) is 11.5 Å². The minimum Gasteiger partial charge on any atom is -0.389 e. The number of hydrogen-bond acceptors (Lipinski definition) is 4. The smallest absolute Gasteiger partial charge is 0.235 e. The van der Waals surface area contributed by atoms with Crippen molar-refractivity contribution in [2.45, 2.75) is 51.6 Å². The average molecular weight is 533 g/mol. The number of para-hydroxylation sites is 2. The molecule has 0 bridgehead atoms. The van der Waals surface area contributed by atoms with Gasteiger partial charge in [-0.3, -0.25) is 14.4 Å². The molecule has 1 aliphatic rings. The predicted octanol–water partition coefficient (Wildman–Crippen LogP) is 5.78. The second-order valence-corrected chi connectivity index (χ2v) is 10.5. The summed E-state index contributed by atoms with van der Waals surface area (Å²) in [6.45, 7) is 5.46. The fourth-order valence-electron chi connectivity index (χ4n) is 5.53. The number of hydrogen-bond donors (Lipinski definition) is 3. The van der Waals surface area contributed by atoms with Gasteiger partial charge in [-0.25, -0.2) is 0 Å². The zero-order valence-corrected chi connectivity index (χ0v) is 22.6. The zero-order chi connectivity index (χ0) is 27.4. The highest BCUT2D eigenvalue weighted by atomic mass is 35.5. The molecule has 3 aromatic rings. The monoisotopic (exact) mass is 532 g/mol. The number of halogens is 1. The van der Waals surface area contributed by atoms with Gasteiger partial charge in [-0.1, -0.05) is 74.0 Å². The SMILES string of the molecule is CCc1ccccc1NC(=O)C1C(=O)CC(C)(O)C(C(=O)Nc2ccccc2CC)C1c1cccc(Cl)c1. The summed E-state index contributed by atoms with van der Waals surface area (Å²) in [5, 5.41) is 17.8. The van der Waals surface area contributed by atoms with Crippen LogP contribution in [0.15, 0.2) is 72.8 Å². The molecular weight excluding hydrogens is 500 g/mol. The van der Waals surface area contributed by atoms with Gasteiger partial charge in [-0.05, 0) is 60.7 Å². The number of carbonyl (C=O) groups is 3. The summed E-state index contributed by atoms with van der Waals surface area (Å²) in [7, 11) is 0. The Hall–Kier alpha value is -3.48. The van der Waals surface area contributed by atoms with E-state index in [-0.39, 0.29) is 6.42 Å². The van der Waals surface area contributed by atoms with E-state index >= 15 is 0 Å². The van der Waals surface area contributed by atoms with Crippen LogP contribution in [0, 0.1) is 11.8 Å². The lowest BCUT2D eigenvalue weighted by Crippen LogP contribution is -2.56. The molecule has 3 aromatic carbocycles. The van der Waals surface area contributed by atoms with Gasteiger partial charge >= 0.3 is 0 Å². The average Bonchev–Trinajstić information content (AvgIpc) is 2.88. The van der Waals surface area contributed by atoms with Crippen molar-refractivity contribution in [3.8, 4) is 0 Å². The number of rotatable bonds is 7. The van der Waals surface area contributed by atoms with E-state index in [0.29, 0.717) is 34.8 Å². The molecule has 6 nitrogen and oxygen atoms in total. The summed E-state index contributed by atoms with van der Waals surface area (Å²) in [5.74, 6) is -4.63. The Morgan fingerprint density at radius 3 is 2.00 bits per heavy atom. The number of anilines is 2. The van der Waals surface area contributed by atoms with Crippen LogP contribution in [0.25, 0.3) is 0 Å². The summed E-state index contributed by atoms with van der Waals surface area (Å²) in [4.78, 5) is 41.2. The van der Waals surface area contributed by atoms with E-state index in [1.165, 1.54) is 6.92 Å². The van der Waals surface area contributed by atoms with E-state index in [0.717, 1.165) is 11.1 Å². The van der Waals surface area contributed by atoms with Gasteiger partial charge in [-0.2, -0.15) is 0 Å². The molecule has 198 valence electrons. The maximum absolute atomic E-state index is 13.9. The van der Waals surface area contributed by atoms with Crippen molar-refractivity contribution in [3.63, 3.8) is 0 Å². The lowest BCUT2D eigenvalue weighted by molar-refractivity contribution is -0.150. The van der Waals surface area contributed by atoms with Crippen molar-refractivity contribution < 1.29 is 19.5 Å². The first-order valence-electron chi connectivity index (χ1n) is 12.9. The van der Waals surface area contributed by atoms with Gasteiger partial charge in [-0.15, -0.1) is 0 Å². The van der Waals surface area contributed by atoms with E-state index < -0.39 is 41.0 Å². The van der Waals surface area contributed by atoms with E-state index in [2.05, 4.69) is 10.6 Å². The molecule has 0 aromatic heterocycles. The Balaban J connectivity index is 1.79. The Morgan fingerprint density at radius 1 is 0.895 bits per heavy atom. The first-order chi connectivity index (χ1) is 18.2. The third-order valence-corrected chi connectivity index (χ3v) is 7.61. The quantitative estimate of drug-likeness (QED) is 0.336. The Kier molecular flexibility index (Phi) is 8.34. The number of ketones is 1. The largest absolute Gasteiger partial charge is 0.389 e. The number of nitrogens with one attached hydrogen (secondary N) is 2. The molecule has 38 heavy (non-hydrogen) atoms. The molecule has 4 rings (SSSR count). The summed E-state index contributed by atoms with van der Waals surface area (Å²) < 4.78 is 0. The summed E-state index contributed by atoms with van der Waals surface area (Å²) in [6, 6.07) is 21.7. The summed E-state index contributed by atoms with van der Waals surface area (Å²) >= 11 is 6.32. The van der Waals surface area contributed by atoms with Crippen LogP contribution in [0.5, 0.6) is 0 Å². The molecule has 0 spiro atoms. The molecule has 0 radical (unpaired) electrons. The van der Waals surface area contributed by atoms with Crippen LogP contribution in [0.2, 0.25) is 5.02 Å². The Morgan fingerprint density at radius 2 is 1.45 bits per heavy atom. The standard InChI is InChI=1S/C31H33ClN2O4/c1-4-19-11-6-8-15-23(19)33-29(36)27-25(35)18-31(3,38)28(26(27)21-13-10-14-22(32)17-21)30(37)34-24-16-9-7-12-20(24)5-2/h6-17,26-28,38H,4-5,18H2,1-3H3,(H,33,36)(H,34,37). The molecular formula is C31H33ClN2O4. The lowest BCUT2D eigenvalue weighted by atomic mass is 9.61. The number of aryl methyl sites for hydroxylation is 2. The molecule has 4 unspecified atom stereocenters. The molecule has 2 amide bonds. The summed E-state index contributed by atoms with van der Waals surface area (Å²) in [6.07, 6.45) is 1.07. The van der Waals surface area contributed by atoms with Crippen LogP contribution in [-0.4, -0.2) is 28.3 Å². The van der Waals surface area contributed by atoms with Crippen LogP contribution >= 0.6 is 11.6 Å². The van der Waals surface area contributed by atoms with E-state index in [4.69, 9.17) is 11.6 Å². The van der Waals surface area contributed by atoms with Crippen LogP contribution < -0.4 is 10.6 Å². The topological polar surface area (TPSA) is 95.5 Å². The molecule has 0 saturated heterocycles.